The van der Waals surface area contributed by atoms with Crippen molar-refractivity contribution in [1.82, 2.24) is 5.32 Å². The Morgan fingerprint density at radius 1 is 1.25 bits per heavy atom. The van der Waals surface area contributed by atoms with Gasteiger partial charge in [-0.1, -0.05) is 24.3 Å². The summed E-state index contributed by atoms with van der Waals surface area (Å²) < 4.78 is 13.5. The van der Waals surface area contributed by atoms with Crippen LogP contribution in [0.2, 0.25) is 0 Å². The number of aryl methyl sites for hydroxylation is 1. The number of amides is 1. The van der Waals surface area contributed by atoms with Gasteiger partial charge < -0.3 is 10.4 Å². The van der Waals surface area contributed by atoms with Gasteiger partial charge in [-0.15, -0.1) is 0 Å². The van der Waals surface area contributed by atoms with Gasteiger partial charge in [0.05, 0.1) is 11.6 Å². The third kappa shape index (κ3) is 2.96. The lowest BCUT2D eigenvalue weighted by Crippen LogP contribution is -2.26. The highest BCUT2D eigenvalue weighted by atomic mass is 19.1. The van der Waals surface area contributed by atoms with E-state index in [2.05, 4.69) is 5.32 Å². The van der Waals surface area contributed by atoms with Gasteiger partial charge >= 0.3 is 0 Å². The minimum absolute atomic E-state index is 0.0766. The molecule has 3 nitrogen and oxygen atoms in total. The van der Waals surface area contributed by atoms with Crippen LogP contribution in [-0.2, 0) is 0 Å². The van der Waals surface area contributed by atoms with E-state index in [1.165, 1.54) is 18.2 Å². The normalized spacial score (nSPS) is 11.9. The Bertz CT molecular complexity index is 640. The van der Waals surface area contributed by atoms with Gasteiger partial charge in [0, 0.05) is 0 Å². The molecule has 0 spiro atoms. The van der Waals surface area contributed by atoms with Crippen molar-refractivity contribution < 1.29 is 14.3 Å². The first-order valence-electron chi connectivity index (χ1n) is 6.34. The Hall–Kier alpha value is -2.36. The monoisotopic (exact) mass is 273 g/mol. The van der Waals surface area contributed by atoms with E-state index < -0.39 is 5.91 Å². The average molecular weight is 273 g/mol. The molecule has 4 heteroatoms. The molecule has 2 aromatic rings. The molecule has 0 aliphatic heterocycles. The molecule has 0 bridgehead atoms. The zero-order valence-electron chi connectivity index (χ0n) is 11.4. The standard InChI is InChI=1S/C16H16FNO2/c1-10-7-8-12(9-14(10)17)11(2)18-16(20)13-5-3-4-6-15(13)19/h3-9,11,19H,1-2H3,(H,18,20). The molecular weight excluding hydrogens is 257 g/mol. The van der Waals surface area contributed by atoms with E-state index in [0.717, 1.165) is 0 Å². The number of nitrogens with one attached hydrogen (secondary N) is 1. The maximum atomic E-state index is 13.5. The number of aromatic hydroxyl groups is 1. The molecule has 1 amide bonds. The number of phenolic OH excluding ortho intramolecular Hbond substituents is 1. The van der Waals surface area contributed by atoms with Gasteiger partial charge in [0.15, 0.2) is 0 Å². The van der Waals surface area contributed by atoms with Crippen molar-refractivity contribution in [2.75, 3.05) is 0 Å². The quantitative estimate of drug-likeness (QED) is 0.901. The molecule has 2 rings (SSSR count). The lowest BCUT2D eigenvalue weighted by atomic mass is 10.1. The van der Waals surface area contributed by atoms with E-state index >= 15 is 0 Å². The molecule has 0 heterocycles. The highest BCUT2D eigenvalue weighted by Crippen LogP contribution is 2.19. The maximum Gasteiger partial charge on any atom is 0.255 e. The van der Waals surface area contributed by atoms with Gasteiger partial charge in [0.1, 0.15) is 11.6 Å². The third-order valence-electron chi connectivity index (χ3n) is 3.19. The lowest BCUT2D eigenvalue weighted by molar-refractivity contribution is 0.0937. The highest BCUT2D eigenvalue weighted by molar-refractivity contribution is 5.96. The summed E-state index contributed by atoms with van der Waals surface area (Å²) in [6.07, 6.45) is 0. The van der Waals surface area contributed by atoms with Crippen LogP contribution in [0.1, 0.15) is 34.5 Å². The van der Waals surface area contributed by atoms with Gasteiger partial charge in [0.25, 0.3) is 5.91 Å². The van der Waals surface area contributed by atoms with E-state index in [9.17, 15) is 14.3 Å². The summed E-state index contributed by atoms with van der Waals surface area (Å²) in [5.41, 5.74) is 1.44. The zero-order chi connectivity index (χ0) is 14.7. The Labute approximate surface area is 117 Å². The Kier molecular flexibility index (Phi) is 4.03. The number of phenols is 1. The summed E-state index contributed by atoms with van der Waals surface area (Å²) in [6, 6.07) is 10.8. The molecule has 1 atom stereocenters. The predicted molar refractivity (Wildman–Crippen MR) is 75.1 cm³/mol. The van der Waals surface area contributed by atoms with Gasteiger partial charge in [0.2, 0.25) is 0 Å². The zero-order valence-corrected chi connectivity index (χ0v) is 11.4. The average Bonchev–Trinajstić information content (AvgIpc) is 2.42. The van der Waals surface area contributed by atoms with Crippen molar-refractivity contribution in [2.24, 2.45) is 0 Å². The molecule has 2 aromatic carbocycles. The van der Waals surface area contributed by atoms with Crippen molar-refractivity contribution >= 4 is 5.91 Å². The van der Waals surface area contributed by atoms with Crippen LogP contribution >= 0.6 is 0 Å². The first-order chi connectivity index (χ1) is 9.49. The summed E-state index contributed by atoms with van der Waals surface area (Å²) in [5.74, 6) is -0.768. The number of hydrogen-bond donors (Lipinski definition) is 2. The van der Waals surface area contributed by atoms with E-state index in [-0.39, 0.29) is 23.2 Å². The fourth-order valence-corrected chi connectivity index (χ4v) is 1.90. The summed E-state index contributed by atoms with van der Waals surface area (Å²) in [6.45, 7) is 3.45. The number of hydrogen-bond acceptors (Lipinski definition) is 2. The fraction of sp³-hybridized carbons (Fsp3) is 0.188. The molecular formula is C16H16FNO2. The summed E-state index contributed by atoms with van der Waals surface area (Å²) in [4.78, 5) is 12.0. The van der Waals surface area contributed by atoms with E-state index in [1.807, 2.05) is 0 Å². The van der Waals surface area contributed by atoms with Crippen molar-refractivity contribution in [3.05, 3.63) is 65.0 Å². The summed E-state index contributed by atoms with van der Waals surface area (Å²) in [5, 5.41) is 12.4. The number of rotatable bonds is 3. The van der Waals surface area contributed by atoms with Crippen LogP contribution in [0.15, 0.2) is 42.5 Å². The molecule has 1 unspecified atom stereocenters. The number of halogens is 1. The number of para-hydroxylation sites is 1. The van der Waals surface area contributed by atoms with Crippen molar-refractivity contribution in [3.63, 3.8) is 0 Å². The van der Waals surface area contributed by atoms with Crippen LogP contribution in [0, 0.1) is 12.7 Å². The number of carbonyl (C=O) groups excluding carboxylic acids is 1. The van der Waals surface area contributed by atoms with E-state index in [1.54, 1.807) is 38.1 Å². The Morgan fingerprint density at radius 3 is 2.60 bits per heavy atom. The molecule has 0 aliphatic carbocycles. The topological polar surface area (TPSA) is 49.3 Å². The second-order valence-electron chi connectivity index (χ2n) is 4.72. The summed E-state index contributed by atoms with van der Waals surface area (Å²) >= 11 is 0. The molecule has 0 fully saturated rings. The highest BCUT2D eigenvalue weighted by Gasteiger charge is 2.14. The van der Waals surface area contributed by atoms with E-state index in [4.69, 9.17) is 0 Å². The molecule has 20 heavy (non-hydrogen) atoms. The van der Waals surface area contributed by atoms with Crippen LogP contribution in [0.25, 0.3) is 0 Å². The lowest BCUT2D eigenvalue weighted by Gasteiger charge is -2.15. The fourth-order valence-electron chi connectivity index (χ4n) is 1.90. The second kappa shape index (κ2) is 5.74. The molecule has 0 radical (unpaired) electrons. The molecule has 2 N–H and O–H groups in total. The number of carbonyl (C=O) groups is 1. The second-order valence-corrected chi connectivity index (χ2v) is 4.72. The molecule has 0 saturated heterocycles. The van der Waals surface area contributed by atoms with Crippen LogP contribution in [-0.4, -0.2) is 11.0 Å². The smallest absolute Gasteiger partial charge is 0.255 e. The minimum atomic E-state index is -0.392. The first-order valence-corrected chi connectivity index (χ1v) is 6.34. The van der Waals surface area contributed by atoms with Gasteiger partial charge in [-0.3, -0.25) is 4.79 Å². The van der Waals surface area contributed by atoms with Gasteiger partial charge in [-0.25, -0.2) is 4.39 Å². The molecule has 0 aromatic heterocycles. The van der Waals surface area contributed by atoms with Crippen molar-refractivity contribution in [1.29, 1.82) is 0 Å². The molecule has 0 aliphatic rings. The van der Waals surface area contributed by atoms with Crippen LogP contribution in [0.3, 0.4) is 0 Å². The maximum absolute atomic E-state index is 13.5. The number of benzene rings is 2. The first kappa shape index (κ1) is 14.1. The van der Waals surface area contributed by atoms with Crippen LogP contribution in [0.4, 0.5) is 4.39 Å². The third-order valence-corrected chi connectivity index (χ3v) is 3.19. The molecule has 104 valence electrons. The minimum Gasteiger partial charge on any atom is -0.507 e. The Balaban J connectivity index is 2.15. The SMILES string of the molecule is Cc1ccc(C(C)NC(=O)c2ccccc2O)cc1F. The Morgan fingerprint density at radius 2 is 1.95 bits per heavy atom. The van der Waals surface area contributed by atoms with Crippen molar-refractivity contribution in [3.8, 4) is 5.75 Å². The van der Waals surface area contributed by atoms with Crippen molar-refractivity contribution in [2.45, 2.75) is 19.9 Å². The molecule has 0 saturated carbocycles. The van der Waals surface area contributed by atoms with Crippen LogP contribution < -0.4 is 5.32 Å². The van der Waals surface area contributed by atoms with Crippen LogP contribution in [0.5, 0.6) is 5.75 Å². The van der Waals surface area contributed by atoms with E-state index in [0.29, 0.717) is 11.1 Å². The van der Waals surface area contributed by atoms with Gasteiger partial charge in [-0.2, -0.15) is 0 Å². The predicted octanol–water partition coefficient (Wildman–Crippen LogP) is 3.33. The van der Waals surface area contributed by atoms with Gasteiger partial charge in [-0.05, 0) is 43.2 Å². The summed E-state index contributed by atoms with van der Waals surface area (Å²) in [7, 11) is 0. The largest absolute Gasteiger partial charge is 0.507 e.